The molecule has 0 saturated carbocycles. The number of rotatable bonds is 7. The Balaban J connectivity index is 1.45. The minimum atomic E-state index is -0.928. The Bertz CT molecular complexity index is 671. The summed E-state index contributed by atoms with van der Waals surface area (Å²) in [7, 11) is 0. The van der Waals surface area contributed by atoms with Crippen molar-refractivity contribution >= 4 is 17.5 Å². The molecule has 0 spiro atoms. The Hall–Kier alpha value is -2.12. The molecular weight excluding hydrogens is 346 g/mol. The van der Waals surface area contributed by atoms with Crippen LogP contribution in [-0.2, 0) is 14.3 Å². The summed E-state index contributed by atoms with van der Waals surface area (Å²) in [5, 5.41) is 2.96. The van der Waals surface area contributed by atoms with Gasteiger partial charge >= 0.3 is 0 Å². The number of hydrogen-bond donors (Lipinski definition) is 1. The minimum absolute atomic E-state index is 0.0356. The largest absolute Gasteiger partial charge is 0.476 e. The third-order valence-corrected chi connectivity index (χ3v) is 4.92. The number of hydrogen-bond acceptors (Lipinski definition) is 5. The van der Waals surface area contributed by atoms with Gasteiger partial charge in [-0.25, -0.2) is 0 Å². The highest BCUT2D eigenvalue weighted by molar-refractivity contribution is 6.02. The van der Waals surface area contributed by atoms with E-state index in [1.54, 1.807) is 18.7 Å². The number of nitrogens with zero attached hydrogens (tertiary/aromatic N) is 2. The summed E-state index contributed by atoms with van der Waals surface area (Å²) in [5.74, 6) is 0.515. The molecule has 2 heterocycles. The van der Waals surface area contributed by atoms with Gasteiger partial charge in [0.1, 0.15) is 5.75 Å². The number of anilines is 1. The van der Waals surface area contributed by atoms with Crippen LogP contribution in [0.4, 0.5) is 5.69 Å². The van der Waals surface area contributed by atoms with Gasteiger partial charge in [0.25, 0.3) is 5.91 Å². The number of morpholine rings is 1. The van der Waals surface area contributed by atoms with E-state index >= 15 is 0 Å². The molecule has 0 bridgehead atoms. The zero-order chi connectivity index (χ0) is 19.3. The lowest BCUT2D eigenvalue weighted by Gasteiger charge is -2.38. The molecule has 1 N–H and O–H groups in total. The summed E-state index contributed by atoms with van der Waals surface area (Å²) in [4.78, 5) is 28.9. The van der Waals surface area contributed by atoms with E-state index in [1.807, 2.05) is 24.3 Å². The van der Waals surface area contributed by atoms with Crippen molar-refractivity contribution in [2.45, 2.75) is 32.3 Å². The Morgan fingerprint density at radius 2 is 1.93 bits per heavy atom. The van der Waals surface area contributed by atoms with Crippen LogP contribution in [0, 0.1) is 0 Å². The number of carbonyl (C=O) groups is 2. The van der Waals surface area contributed by atoms with Crippen LogP contribution in [0.2, 0.25) is 0 Å². The van der Waals surface area contributed by atoms with Gasteiger partial charge in [-0.2, -0.15) is 0 Å². The molecule has 3 rings (SSSR count). The highest BCUT2D eigenvalue weighted by atomic mass is 16.5. The topological polar surface area (TPSA) is 71.1 Å². The van der Waals surface area contributed by atoms with E-state index in [0.29, 0.717) is 18.8 Å². The fourth-order valence-electron chi connectivity index (χ4n) is 3.40. The molecule has 2 aliphatic heterocycles. The molecule has 1 aromatic carbocycles. The van der Waals surface area contributed by atoms with Gasteiger partial charge in [0.2, 0.25) is 5.91 Å². The summed E-state index contributed by atoms with van der Waals surface area (Å²) in [6.45, 7) is 8.97. The lowest BCUT2D eigenvalue weighted by molar-refractivity contribution is -0.132. The van der Waals surface area contributed by atoms with Crippen LogP contribution in [0.3, 0.4) is 0 Å². The zero-order valence-corrected chi connectivity index (χ0v) is 16.2. The van der Waals surface area contributed by atoms with E-state index < -0.39 is 5.60 Å². The van der Waals surface area contributed by atoms with Gasteiger partial charge in [-0.15, -0.1) is 0 Å². The molecule has 0 radical (unpaired) electrons. The van der Waals surface area contributed by atoms with Gasteiger partial charge in [0, 0.05) is 32.6 Å². The zero-order valence-electron chi connectivity index (χ0n) is 16.2. The minimum Gasteiger partial charge on any atom is -0.476 e. The predicted molar refractivity (Wildman–Crippen MR) is 103 cm³/mol. The molecule has 1 aromatic rings. The maximum atomic E-state index is 12.7. The van der Waals surface area contributed by atoms with E-state index in [-0.39, 0.29) is 18.2 Å². The second-order valence-electron chi connectivity index (χ2n) is 7.44. The van der Waals surface area contributed by atoms with Crippen molar-refractivity contribution in [3.63, 3.8) is 0 Å². The summed E-state index contributed by atoms with van der Waals surface area (Å²) < 4.78 is 11.1. The van der Waals surface area contributed by atoms with Crippen molar-refractivity contribution in [2.24, 2.45) is 0 Å². The lowest BCUT2D eigenvalue weighted by Crippen LogP contribution is -2.53. The highest BCUT2D eigenvalue weighted by Crippen LogP contribution is 2.37. The Labute approximate surface area is 160 Å². The van der Waals surface area contributed by atoms with Crippen molar-refractivity contribution in [2.75, 3.05) is 50.8 Å². The molecule has 1 fully saturated rings. The van der Waals surface area contributed by atoms with E-state index in [9.17, 15) is 9.59 Å². The van der Waals surface area contributed by atoms with Crippen molar-refractivity contribution in [3.05, 3.63) is 24.3 Å². The SMILES string of the molecule is CC1(C)Oc2ccccc2N(CCC(=O)NCCCN2CCOCC2)C1=O. The summed E-state index contributed by atoms with van der Waals surface area (Å²) in [5.41, 5.74) is -0.204. The molecule has 0 unspecified atom stereocenters. The molecule has 148 valence electrons. The predicted octanol–water partition coefficient (Wildman–Crippen LogP) is 1.42. The fourth-order valence-corrected chi connectivity index (χ4v) is 3.40. The summed E-state index contributed by atoms with van der Waals surface area (Å²) in [6, 6.07) is 7.45. The van der Waals surface area contributed by atoms with E-state index in [4.69, 9.17) is 9.47 Å². The van der Waals surface area contributed by atoms with Crippen LogP contribution < -0.4 is 15.0 Å². The van der Waals surface area contributed by atoms with Gasteiger partial charge in [-0.05, 0) is 38.9 Å². The number of ether oxygens (including phenoxy) is 2. The molecular formula is C20H29N3O4. The van der Waals surface area contributed by atoms with Crippen molar-refractivity contribution in [3.8, 4) is 5.75 Å². The van der Waals surface area contributed by atoms with Crippen molar-refractivity contribution in [1.82, 2.24) is 10.2 Å². The van der Waals surface area contributed by atoms with E-state index in [0.717, 1.165) is 45.0 Å². The maximum absolute atomic E-state index is 12.7. The monoisotopic (exact) mass is 375 g/mol. The molecule has 7 nitrogen and oxygen atoms in total. The molecule has 7 heteroatoms. The number of benzene rings is 1. The summed E-state index contributed by atoms with van der Waals surface area (Å²) in [6.07, 6.45) is 1.19. The average molecular weight is 375 g/mol. The van der Waals surface area contributed by atoms with Crippen molar-refractivity contribution in [1.29, 1.82) is 0 Å². The number of para-hydroxylation sites is 2. The first-order chi connectivity index (χ1) is 13.0. The molecule has 2 amide bonds. The summed E-state index contributed by atoms with van der Waals surface area (Å²) >= 11 is 0. The van der Waals surface area contributed by atoms with Crippen LogP contribution in [0.15, 0.2) is 24.3 Å². The number of nitrogens with one attached hydrogen (secondary N) is 1. The Morgan fingerprint density at radius 1 is 1.19 bits per heavy atom. The van der Waals surface area contributed by atoms with Gasteiger partial charge in [-0.3, -0.25) is 14.5 Å². The van der Waals surface area contributed by atoms with E-state index in [2.05, 4.69) is 10.2 Å². The van der Waals surface area contributed by atoms with Crippen LogP contribution in [0.1, 0.15) is 26.7 Å². The van der Waals surface area contributed by atoms with Gasteiger partial charge in [0.05, 0.1) is 18.9 Å². The van der Waals surface area contributed by atoms with Gasteiger partial charge in [-0.1, -0.05) is 12.1 Å². The third-order valence-electron chi connectivity index (χ3n) is 4.92. The fraction of sp³-hybridized carbons (Fsp3) is 0.600. The van der Waals surface area contributed by atoms with E-state index in [1.165, 1.54) is 0 Å². The second kappa shape index (κ2) is 8.71. The Morgan fingerprint density at radius 3 is 2.70 bits per heavy atom. The molecule has 1 saturated heterocycles. The number of fused-ring (bicyclic) bond motifs is 1. The van der Waals surface area contributed by atoms with Crippen LogP contribution in [0.5, 0.6) is 5.75 Å². The average Bonchev–Trinajstić information content (AvgIpc) is 2.66. The molecule has 2 aliphatic rings. The Kier molecular flexibility index (Phi) is 6.34. The maximum Gasteiger partial charge on any atom is 0.270 e. The quantitative estimate of drug-likeness (QED) is 0.730. The first kappa shape index (κ1) is 19.6. The normalized spacial score (nSPS) is 19.3. The number of amides is 2. The molecule has 0 atom stereocenters. The number of carbonyl (C=O) groups excluding carboxylic acids is 2. The molecule has 0 aliphatic carbocycles. The van der Waals surface area contributed by atoms with Crippen LogP contribution in [0.25, 0.3) is 0 Å². The van der Waals surface area contributed by atoms with Crippen molar-refractivity contribution < 1.29 is 19.1 Å². The molecule has 0 aromatic heterocycles. The lowest BCUT2D eigenvalue weighted by atomic mass is 10.0. The van der Waals surface area contributed by atoms with Crippen LogP contribution in [-0.4, -0.2) is 68.3 Å². The van der Waals surface area contributed by atoms with Gasteiger partial charge in [0.15, 0.2) is 5.60 Å². The first-order valence-corrected chi connectivity index (χ1v) is 9.64. The first-order valence-electron chi connectivity index (χ1n) is 9.64. The standard InChI is InChI=1S/C20H29N3O4/c1-20(2)19(25)23(16-6-3-4-7-17(16)27-20)11-8-18(24)21-9-5-10-22-12-14-26-15-13-22/h3-4,6-7H,5,8-15H2,1-2H3,(H,21,24). The highest BCUT2D eigenvalue weighted by Gasteiger charge is 2.40. The van der Waals surface area contributed by atoms with Gasteiger partial charge < -0.3 is 19.7 Å². The van der Waals surface area contributed by atoms with Crippen LogP contribution >= 0.6 is 0 Å². The smallest absolute Gasteiger partial charge is 0.270 e. The third kappa shape index (κ3) is 4.99. The molecule has 27 heavy (non-hydrogen) atoms. The second-order valence-corrected chi connectivity index (χ2v) is 7.44.